The smallest absolute Gasteiger partial charge is 0.258 e. The number of non-ortho nitro benzene ring substituents is 1. The van der Waals surface area contributed by atoms with Crippen LogP contribution in [0.25, 0.3) is 0 Å². The lowest BCUT2D eigenvalue weighted by Crippen LogP contribution is -2.06. The minimum absolute atomic E-state index is 0.206. The number of nitro groups is 2. The van der Waals surface area contributed by atoms with Gasteiger partial charge in [-0.1, -0.05) is 11.6 Å². The lowest BCUT2D eigenvalue weighted by atomic mass is 10.3. The maximum absolute atomic E-state index is 12.6. The quantitative estimate of drug-likeness (QED) is 0.384. The van der Waals surface area contributed by atoms with Gasteiger partial charge in [0.15, 0.2) is 0 Å². The molecule has 0 aromatic heterocycles. The fourth-order valence-corrected chi connectivity index (χ4v) is 4.50. The van der Waals surface area contributed by atoms with Crippen LogP contribution in [0.1, 0.15) is 0 Å². The summed E-state index contributed by atoms with van der Waals surface area (Å²) >= 11 is 7.38. The molecular formula is C12H6ClIN2O6S. The van der Waals surface area contributed by atoms with Crippen molar-refractivity contribution < 1.29 is 18.3 Å². The van der Waals surface area contributed by atoms with E-state index >= 15 is 0 Å². The molecule has 0 saturated heterocycles. The van der Waals surface area contributed by atoms with Crippen LogP contribution in [0.5, 0.6) is 0 Å². The van der Waals surface area contributed by atoms with Crippen molar-refractivity contribution in [1.29, 1.82) is 0 Å². The SMILES string of the molecule is O=[N+]([O-])c1ccc(I)c(S(=O)(=O)c2ccc(Cl)c([N+](=O)[O-])c2)c1. The zero-order valence-electron chi connectivity index (χ0n) is 11.0. The monoisotopic (exact) mass is 468 g/mol. The van der Waals surface area contributed by atoms with Gasteiger partial charge >= 0.3 is 0 Å². The maximum atomic E-state index is 12.6. The van der Waals surface area contributed by atoms with E-state index in [2.05, 4.69) is 0 Å². The van der Waals surface area contributed by atoms with Crippen LogP contribution in [0.2, 0.25) is 5.02 Å². The fourth-order valence-electron chi connectivity index (χ4n) is 1.74. The van der Waals surface area contributed by atoms with Crippen molar-refractivity contribution in [2.75, 3.05) is 0 Å². The summed E-state index contributed by atoms with van der Waals surface area (Å²) in [7, 11) is -4.17. The highest BCUT2D eigenvalue weighted by Gasteiger charge is 2.26. The van der Waals surface area contributed by atoms with Crippen LogP contribution < -0.4 is 0 Å². The second kappa shape index (κ2) is 6.37. The van der Waals surface area contributed by atoms with E-state index in [9.17, 15) is 28.6 Å². The Bertz CT molecular complexity index is 931. The van der Waals surface area contributed by atoms with Crippen LogP contribution in [0, 0.1) is 23.8 Å². The molecule has 0 amide bonds. The van der Waals surface area contributed by atoms with Gasteiger partial charge in [0, 0.05) is 21.8 Å². The average molecular weight is 469 g/mol. The standard InChI is InChI=1S/C12H6ClIN2O6S/c13-9-3-2-8(6-11(9)16(19)20)23(21,22)12-5-7(15(17)18)1-4-10(12)14/h1-6H. The minimum atomic E-state index is -4.17. The van der Waals surface area contributed by atoms with Gasteiger partial charge in [-0.05, 0) is 40.8 Å². The second-order valence-corrected chi connectivity index (χ2v) is 7.73. The first-order valence-corrected chi connectivity index (χ1v) is 8.71. The predicted octanol–water partition coefficient (Wildman–Crippen LogP) is 3.59. The van der Waals surface area contributed by atoms with Gasteiger partial charge in [-0.2, -0.15) is 0 Å². The Hall–Kier alpha value is -1.79. The third-order valence-corrected chi connectivity index (χ3v) is 6.26. The zero-order chi connectivity index (χ0) is 17.4. The van der Waals surface area contributed by atoms with Crippen LogP contribution in [0.15, 0.2) is 46.2 Å². The molecule has 0 N–H and O–H groups in total. The minimum Gasteiger partial charge on any atom is -0.258 e. The molecule has 23 heavy (non-hydrogen) atoms. The molecule has 0 spiro atoms. The molecule has 0 aliphatic heterocycles. The summed E-state index contributed by atoms with van der Waals surface area (Å²) in [5.74, 6) is 0. The van der Waals surface area contributed by atoms with Crippen molar-refractivity contribution in [3.8, 4) is 0 Å². The van der Waals surface area contributed by atoms with Crippen LogP contribution in [-0.4, -0.2) is 18.3 Å². The van der Waals surface area contributed by atoms with Gasteiger partial charge in [-0.3, -0.25) is 20.2 Å². The van der Waals surface area contributed by atoms with E-state index in [0.717, 1.165) is 24.3 Å². The van der Waals surface area contributed by atoms with E-state index < -0.39 is 31.1 Å². The molecule has 0 saturated carbocycles. The molecule has 0 atom stereocenters. The largest absolute Gasteiger partial charge is 0.289 e. The van der Waals surface area contributed by atoms with Crippen molar-refractivity contribution in [1.82, 2.24) is 0 Å². The maximum Gasteiger partial charge on any atom is 0.289 e. The van der Waals surface area contributed by atoms with Gasteiger partial charge in [0.1, 0.15) is 5.02 Å². The van der Waals surface area contributed by atoms with Crippen LogP contribution in [0.3, 0.4) is 0 Å². The molecule has 120 valence electrons. The van der Waals surface area contributed by atoms with Crippen LogP contribution in [0.4, 0.5) is 11.4 Å². The van der Waals surface area contributed by atoms with E-state index in [4.69, 9.17) is 11.6 Å². The van der Waals surface area contributed by atoms with Crippen molar-refractivity contribution in [2.24, 2.45) is 0 Å². The summed E-state index contributed by atoms with van der Waals surface area (Å²) in [4.78, 5) is 19.5. The first-order chi connectivity index (χ1) is 10.6. The molecule has 0 aliphatic carbocycles. The normalized spacial score (nSPS) is 11.2. The number of hydrogen-bond donors (Lipinski definition) is 0. The number of hydrogen-bond acceptors (Lipinski definition) is 6. The molecule has 2 aromatic rings. The van der Waals surface area contributed by atoms with E-state index in [1.54, 1.807) is 22.6 Å². The van der Waals surface area contributed by atoms with Crippen molar-refractivity contribution >= 4 is 55.4 Å². The fraction of sp³-hybridized carbons (Fsp3) is 0. The number of benzene rings is 2. The van der Waals surface area contributed by atoms with Crippen molar-refractivity contribution in [3.05, 3.63) is 65.2 Å². The highest BCUT2D eigenvalue weighted by atomic mass is 127. The van der Waals surface area contributed by atoms with Gasteiger partial charge < -0.3 is 0 Å². The van der Waals surface area contributed by atoms with E-state index in [1.165, 1.54) is 12.1 Å². The number of sulfone groups is 1. The van der Waals surface area contributed by atoms with Gasteiger partial charge in [0.25, 0.3) is 11.4 Å². The predicted molar refractivity (Wildman–Crippen MR) is 89.4 cm³/mol. The molecule has 2 rings (SSSR count). The first kappa shape index (κ1) is 17.6. The molecule has 0 bridgehead atoms. The number of nitro benzene ring substituents is 2. The topological polar surface area (TPSA) is 120 Å². The molecule has 0 heterocycles. The number of nitrogens with zero attached hydrogens (tertiary/aromatic N) is 2. The zero-order valence-corrected chi connectivity index (χ0v) is 14.7. The third-order valence-electron chi connectivity index (χ3n) is 2.84. The Morgan fingerprint density at radius 1 is 1.00 bits per heavy atom. The summed E-state index contributed by atoms with van der Waals surface area (Å²) in [5, 5.41) is 21.5. The Labute approximate surface area is 148 Å². The van der Waals surface area contributed by atoms with E-state index in [-0.39, 0.29) is 18.4 Å². The summed E-state index contributed by atoms with van der Waals surface area (Å²) < 4.78 is 25.5. The van der Waals surface area contributed by atoms with Gasteiger partial charge in [-0.15, -0.1) is 0 Å². The summed E-state index contributed by atoms with van der Waals surface area (Å²) in [5.41, 5.74) is -0.958. The highest BCUT2D eigenvalue weighted by molar-refractivity contribution is 14.1. The molecule has 2 aromatic carbocycles. The highest BCUT2D eigenvalue weighted by Crippen LogP contribution is 2.33. The average Bonchev–Trinajstić information content (AvgIpc) is 2.47. The summed E-state index contributed by atoms with van der Waals surface area (Å²) in [6, 6.07) is 6.40. The molecule has 0 fully saturated rings. The molecule has 8 nitrogen and oxygen atoms in total. The first-order valence-electron chi connectivity index (χ1n) is 5.77. The summed E-state index contributed by atoms with van der Waals surface area (Å²) in [6.07, 6.45) is 0. The van der Waals surface area contributed by atoms with Gasteiger partial charge in [0.2, 0.25) is 9.84 Å². The number of halogens is 2. The molecule has 0 radical (unpaired) electrons. The Balaban J connectivity index is 2.68. The Morgan fingerprint density at radius 3 is 2.22 bits per heavy atom. The number of rotatable bonds is 4. The molecule has 0 aliphatic rings. The molecule has 0 unspecified atom stereocenters. The third kappa shape index (κ3) is 3.43. The van der Waals surface area contributed by atoms with E-state index in [1.807, 2.05) is 0 Å². The lowest BCUT2D eigenvalue weighted by molar-refractivity contribution is -0.385. The van der Waals surface area contributed by atoms with Crippen LogP contribution in [-0.2, 0) is 9.84 Å². The van der Waals surface area contributed by atoms with Crippen molar-refractivity contribution in [2.45, 2.75) is 9.79 Å². The summed E-state index contributed by atoms with van der Waals surface area (Å²) in [6.45, 7) is 0. The Kier molecular flexibility index (Phi) is 4.87. The van der Waals surface area contributed by atoms with Gasteiger partial charge in [-0.25, -0.2) is 8.42 Å². The van der Waals surface area contributed by atoms with Crippen LogP contribution >= 0.6 is 34.2 Å². The van der Waals surface area contributed by atoms with Crippen molar-refractivity contribution in [3.63, 3.8) is 0 Å². The molecular weight excluding hydrogens is 463 g/mol. The second-order valence-electron chi connectivity index (χ2n) is 4.25. The molecule has 11 heteroatoms. The van der Waals surface area contributed by atoms with E-state index in [0.29, 0.717) is 0 Å². The van der Waals surface area contributed by atoms with Gasteiger partial charge in [0.05, 0.1) is 19.6 Å². The Morgan fingerprint density at radius 2 is 1.65 bits per heavy atom. The lowest BCUT2D eigenvalue weighted by Gasteiger charge is -2.07.